The number of thiophene rings is 1. The number of hydrogen-bond acceptors (Lipinski definition) is 3. The van der Waals surface area contributed by atoms with E-state index in [0.717, 1.165) is 25.1 Å². The van der Waals surface area contributed by atoms with Crippen LogP contribution in [0.4, 0.5) is 0 Å². The zero-order valence-corrected chi connectivity index (χ0v) is 13.7. The number of hydrogen-bond donors (Lipinski definition) is 1. The highest BCUT2D eigenvalue weighted by Gasteiger charge is 2.25. The molecule has 2 heterocycles. The predicted molar refractivity (Wildman–Crippen MR) is 89.0 cm³/mol. The van der Waals surface area contributed by atoms with Crippen LogP contribution in [-0.2, 0) is 6.42 Å². The van der Waals surface area contributed by atoms with Crippen LogP contribution >= 0.6 is 22.9 Å². The van der Waals surface area contributed by atoms with Crippen LogP contribution in [0.15, 0.2) is 35.7 Å². The van der Waals surface area contributed by atoms with Gasteiger partial charge in [-0.15, -0.1) is 11.3 Å². The topological polar surface area (TPSA) is 23.5 Å². The fourth-order valence-electron chi connectivity index (χ4n) is 3.06. The SMILES string of the molecule is CC1c2ccsc2CCN1CCC(O)c1ccccc1Cl. The van der Waals surface area contributed by atoms with Gasteiger partial charge in [-0.2, -0.15) is 0 Å². The molecule has 4 heteroatoms. The fourth-order valence-corrected chi connectivity index (χ4v) is 4.28. The van der Waals surface area contributed by atoms with Crippen molar-refractivity contribution in [3.63, 3.8) is 0 Å². The molecule has 1 aliphatic heterocycles. The molecule has 1 N–H and O–H groups in total. The number of fused-ring (bicyclic) bond motifs is 1. The van der Waals surface area contributed by atoms with Gasteiger partial charge in [0.25, 0.3) is 0 Å². The van der Waals surface area contributed by atoms with Gasteiger partial charge in [-0.25, -0.2) is 0 Å². The lowest BCUT2D eigenvalue weighted by Gasteiger charge is -2.34. The first-order valence-corrected chi connectivity index (χ1v) is 8.65. The molecule has 3 rings (SSSR count). The summed E-state index contributed by atoms with van der Waals surface area (Å²) in [4.78, 5) is 3.97. The first kappa shape index (κ1) is 15.0. The third kappa shape index (κ3) is 3.16. The summed E-state index contributed by atoms with van der Waals surface area (Å²) in [6.07, 6.45) is 1.35. The molecule has 2 atom stereocenters. The molecule has 0 saturated carbocycles. The number of benzene rings is 1. The number of rotatable bonds is 4. The molecule has 0 spiro atoms. The van der Waals surface area contributed by atoms with Crippen molar-refractivity contribution < 1.29 is 5.11 Å². The van der Waals surface area contributed by atoms with Crippen molar-refractivity contribution >= 4 is 22.9 Å². The number of aliphatic hydroxyl groups is 1. The lowest BCUT2D eigenvalue weighted by molar-refractivity contribution is 0.123. The molecule has 1 aromatic heterocycles. The fraction of sp³-hybridized carbons (Fsp3) is 0.412. The van der Waals surface area contributed by atoms with Crippen LogP contribution in [0.3, 0.4) is 0 Å². The van der Waals surface area contributed by atoms with Gasteiger partial charge in [-0.05, 0) is 48.4 Å². The average molecular weight is 322 g/mol. The molecule has 21 heavy (non-hydrogen) atoms. The van der Waals surface area contributed by atoms with E-state index in [4.69, 9.17) is 11.6 Å². The molecule has 2 unspecified atom stereocenters. The van der Waals surface area contributed by atoms with Crippen molar-refractivity contribution in [2.45, 2.75) is 31.9 Å². The summed E-state index contributed by atoms with van der Waals surface area (Å²) in [5, 5.41) is 13.2. The van der Waals surface area contributed by atoms with E-state index in [1.165, 1.54) is 10.4 Å². The summed E-state index contributed by atoms with van der Waals surface area (Å²) in [6.45, 7) is 4.22. The van der Waals surface area contributed by atoms with Gasteiger partial charge < -0.3 is 5.11 Å². The molecule has 1 aliphatic rings. The molecule has 0 amide bonds. The van der Waals surface area contributed by atoms with Crippen LogP contribution in [0.25, 0.3) is 0 Å². The summed E-state index contributed by atoms with van der Waals surface area (Å²) in [6, 6.07) is 10.2. The van der Waals surface area contributed by atoms with Crippen LogP contribution in [0.2, 0.25) is 5.02 Å². The molecular formula is C17H20ClNOS. The molecule has 0 aliphatic carbocycles. The maximum absolute atomic E-state index is 10.4. The van der Waals surface area contributed by atoms with E-state index < -0.39 is 6.10 Å². The normalized spacial score (nSPS) is 20.2. The minimum Gasteiger partial charge on any atom is -0.388 e. The second-order valence-corrected chi connectivity index (χ2v) is 6.99. The van der Waals surface area contributed by atoms with Crippen LogP contribution in [-0.4, -0.2) is 23.1 Å². The van der Waals surface area contributed by atoms with E-state index in [2.05, 4.69) is 23.3 Å². The van der Waals surface area contributed by atoms with E-state index >= 15 is 0 Å². The van der Waals surface area contributed by atoms with Crippen LogP contribution in [0, 0.1) is 0 Å². The van der Waals surface area contributed by atoms with Gasteiger partial charge >= 0.3 is 0 Å². The lowest BCUT2D eigenvalue weighted by atomic mass is 10.00. The molecule has 0 fully saturated rings. The minimum atomic E-state index is -0.491. The first-order valence-electron chi connectivity index (χ1n) is 7.39. The standard InChI is InChI=1S/C17H20ClNOS/c1-12-13-8-11-21-17(13)7-10-19(12)9-6-16(20)14-4-2-3-5-15(14)18/h2-5,8,11-12,16,20H,6-7,9-10H2,1H3. The van der Waals surface area contributed by atoms with Gasteiger partial charge in [0.15, 0.2) is 0 Å². The van der Waals surface area contributed by atoms with Gasteiger partial charge in [0.1, 0.15) is 0 Å². The summed E-state index contributed by atoms with van der Waals surface area (Å²) < 4.78 is 0. The Balaban J connectivity index is 1.62. The number of halogens is 1. The highest BCUT2D eigenvalue weighted by Crippen LogP contribution is 2.33. The Morgan fingerprint density at radius 2 is 2.19 bits per heavy atom. The predicted octanol–water partition coefficient (Wildman–Crippen LogP) is 4.44. The molecular weight excluding hydrogens is 302 g/mol. The second kappa shape index (κ2) is 6.49. The van der Waals surface area contributed by atoms with E-state index in [-0.39, 0.29) is 0 Å². The number of aliphatic hydroxyl groups excluding tert-OH is 1. The summed E-state index contributed by atoms with van der Waals surface area (Å²) in [5.41, 5.74) is 2.29. The Hall–Kier alpha value is -0.870. The summed E-state index contributed by atoms with van der Waals surface area (Å²) in [7, 11) is 0. The van der Waals surface area contributed by atoms with Crippen molar-refractivity contribution in [3.05, 3.63) is 56.7 Å². The smallest absolute Gasteiger partial charge is 0.0816 e. The largest absolute Gasteiger partial charge is 0.388 e. The van der Waals surface area contributed by atoms with Gasteiger partial charge in [-0.3, -0.25) is 4.90 Å². The zero-order chi connectivity index (χ0) is 14.8. The monoisotopic (exact) mass is 321 g/mol. The third-order valence-corrected chi connectivity index (χ3v) is 5.70. The van der Waals surface area contributed by atoms with E-state index in [0.29, 0.717) is 17.5 Å². The Labute approximate surface area is 135 Å². The summed E-state index contributed by atoms with van der Waals surface area (Å²) in [5.74, 6) is 0. The third-order valence-electron chi connectivity index (χ3n) is 4.36. The Morgan fingerprint density at radius 3 is 3.00 bits per heavy atom. The van der Waals surface area contributed by atoms with E-state index in [1.807, 2.05) is 35.6 Å². The molecule has 2 aromatic rings. The van der Waals surface area contributed by atoms with Crippen LogP contribution < -0.4 is 0 Å². The van der Waals surface area contributed by atoms with Gasteiger partial charge in [0, 0.05) is 29.0 Å². The quantitative estimate of drug-likeness (QED) is 0.899. The average Bonchev–Trinajstić information content (AvgIpc) is 2.96. The molecule has 1 aromatic carbocycles. The van der Waals surface area contributed by atoms with Crippen molar-refractivity contribution in [2.75, 3.05) is 13.1 Å². The van der Waals surface area contributed by atoms with Crippen molar-refractivity contribution in [2.24, 2.45) is 0 Å². The highest BCUT2D eigenvalue weighted by molar-refractivity contribution is 7.10. The Kier molecular flexibility index (Phi) is 4.65. The number of nitrogens with zero attached hydrogens (tertiary/aromatic N) is 1. The maximum atomic E-state index is 10.4. The maximum Gasteiger partial charge on any atom is 0.0816 e. The Bertz CT molecular complexity index is 612. The van der Waals surface area contributed by atoms with Crippen molar-refractivity contribution in [1.29, 1.82) is 0 Å². The first-order chi connectivity index (χ1) is 10.2. The van der Waals surface area contributed by atoms with Gasteiger partial charge in [0.2, 0.25) is 0 Å². The van der Waals surface area contributed by atoms with Crippen molar-refractivity contribution in [1.82, 2.24) is 4.90 Å². The van der Waals surface area contributed by atoms with E-state index in [9.17, 15) is 5.11 Å². The van der Waals surface area contributed by atoms with Crippen LogP contribution in [0.1, 0.15) is 41.5 Å². The lowest BCUT2D eigenvalue weighted by Crippen LogP contribution is -2.34. The van der Waals surface area contributed by atoms with Gasteiger partial charge in [-0.1, -0.05) is 29.8 Å². The minimum absolute atomic E-state index is 0.443. The zero-order valence-electron chi connectivity index (χ0n) is 12.1. The Morgan fingerprint density at radius 1 is 1.38 bits per heavy atom. The molecule has 112 valence electrons. The van der Waals surface area contributed by atoms with E-state index in [1.54, 1.807) is 0 Å². The highest BCUT2D eigenvalue weighted by atomic mass is 35.5. The molecule has 0 saturated heterocycles. The second-order valence-electron chi connectivity index (χ2n) is 5.59. The molecule has 0 radical (unpaired) electrons. The van der Waals surface area contributed by atoms with Gasteiger partial charge in [0.05, 0.1) is 6.10 Å². The molecule has 2 nitrogen and oxygen atoms in total. The van der Waals surface area contributed by atoms with Crippen molar-refractivity contribution in [3.8, 4) is 0 Å². The molecule has 0 bridgehead atoms. The van der Waals surface area contributed by atoms with Crippen LogP contribution in [0.5, 0.6) is 0 Å². The summed E-state index contributed by atoms with van der Waals surface area (Å²) >= 11 is 8.01.